The number of aromatic nitrogens is 4. The number of fused-ring (bicyclic) bond motifs is 4. The normalized spacial score (nSPS) is 15.6. The maximum Gasteiger partial charge on any atom is 0.351 e. The molecule has 0 N–H and O–H groups in total. The molecule has 0 saturated heterocycles. The number of pyridine rings is 2. The van der Waals surface area contributed by atoms with Crippen LogP contribution < -0.4 is 24.6 Å². The largest absolute Gasteiger partial charge is 0.481 e. The van der Waals surface area contributed by atoms with E-state index in [2.05, 4.69) is 21.0 Å². The van der Waals surface area contributed by atoms with Gasteiger partial charge in [0.1, 0.15) is 13.2 Å². The molecule has 1 unspecified atom stereocenters. The lowest BCUT2D eigenvalue weighted by atomic mass is 9.93. The minimum Gasteiger partial charge on any atom is -0.481 e. The van der Waals surface area contributed by atoms with Gasteiger partial charge in [-0.05, 0) is 41.8 Å². The van der Waals surface area contributed by atoms with Crippen LogP contribution in [0.4, 0.5) is 0 Å². The standard InChI is InChI=1S/C26H22N4O5/c1-32-24-20(4-2-9-27-24)16-6-7-19-17(12-16)8-11-30-21(19)13-23(29-26(30)31)33-14-18-15-34-25-22(35-18)5-3-10-28-25/h2-7,9-10,12-13,18H,8,11,14-15H2,1H3. The monoisotopic (exact) mass is 470 g/mol. The van der Waals surface area contributed by atoms with E-state index in [0.717, 1.165) is 34.4 Å². The molecule has 176 valence electrons. The Hall–Kier alpha value is -4.40. The summed E-state index contributed by atoms with van der Waals surface area (Å²) < 4.78 is 24.5. The van der Waals surface area contributed by atoms with E-state index in [0.29, 0.717) is 30.7 Å². The van der Waals surface area contributed by atoms with E-state index >= 15 is 0 Å². The first-order valence-electron chi connectivity index (χ1n) is 11.3. The molecule has 4 aromatic rings. The summed E-state index contributed by atoms with van der Waals surface area (Å²) in [7, 11) is 1.61. The number of ether oxygens (including phenoxy) is 4. The zero-order chi connectivity index (χ0) is 23.8. The fraction of sp³-hybridized carbons (Fsp3) is 0.231. The van der Waals surface area contributed by atoms with Gasteiger partial charge in [0.15, 0.2) is 11.9 Å². The molecule has 2 aliphatic heterocycles. The van der Waals surface area contributed by atoms with Crippen LogP contribution in [0.2, 0.25) is 0 Å². The molecule has 9 heteroatoms. The molecule has 1 atom stereocenters. The third kappa shape index (κ3) is 3.95. The second kappa shape index (κ2) is 8.75. The smallest absolute Gasteiger partial charge is 0.351 e. The number of rotatable bonds is 5. The summed E-state index contributed by atoms with van der Waals surface area (Å²) in [4.78, 5) is 25.3. The third-order valence-corrected chi connectivity index (χ3v) is 6.10. The van der Waals surface area contributed by atoms with Crippen molar-refractivity contribution in [1.82, 2.24) is 19.5 Å². The highest BCUT2D eigenvalue weighted by atomic mass is 16.6. The summed E-state index contributed by atoms with van der Waals surface area (Å²) in [6, 6.07) is 15.4. The lowest BCUT2D eigenvalue weighted by Crippen LogP contribution is -2.35. The highest BCUT2D eigenvalue weighted by Crippen LogP contribution is 2.35. The minimum absolute atomic E-state index is 0.191. The Kier molecular flexibility index (Phi) is 5.29. The Morgan fingerprint density at radius 3 is 2.89 bits per heavy atom. The van der Waals surface area contributed by atoms with Gasteiger partial charge in [-0.3, -0.25) is 4.57 Å². The summed E-state index contributed by atoms with van der Waals surface area (Å²) in [5.41, 5.74) is 4.49. The van der Waals surface area contributed by atoms with E-state index in [1.807, 2.05) is 30.3 Å². The number of hydrogen-bond acceptors (Lipinski definition) is 8. The van der Waals surface area contributed by atoms with Crippen molar-refractivity contribution in [3.8, 4) is 45.8 Å². The first kappa shape index (κ1) is 21.2. The van der Waals surface area contributed by atoms with Crippen LogP contribution >= 0.6 is 0 Å². The average Bonchev–Trinajstić information content (AvgIpc) is 2.91. The van der Waals surface area contributed by atoms with Gasteiger partial charge in [-0.1, -0.05) is 18.2 Å². The van der Waals surface area contributed by atoms with E-state index in [4.69, 9.17) is 18.9 Å². The van der Waals surface area contributed by atoms with Crippen molar-refractivity contribution in [2.75, 3.05) is 20.3 Å². The second-order valence-corrected chi connectivity index (χ2v) is 8.26. The van der Waals surface area contributed by atoms with Crippen molar-refractivity contribution >= 4 is 0 Å². The molecular formula is C26H22N4O5. The van der Waals surface area contributed by atoms with Crippen molar-refractivity contribution in [2.45, 2.75) is 19.1 Å². The average molecular weight is 470 g/mol. The van der Waals surface area contributed by atoms with Gasteiger partial charge in [-0.25, -0.2) is 14.8 Å². The van der Waals surface area contributed by atoms with E-state index in [-0.39, 0.29) is 24.3 Å². The van der Waals surface area contributed by atoms with Crippen LogP contribution in [0.1, 0.15) is 5.56 Å². The van der Waals surface area contributed by atoms with Gasteiger partial charge in [0.05, 0.1) is 12.8 Å². The van der Waals surface area contributed by atoms with Crippen molar-refractivity contribution in [2.24, 2.45) is 0 Å². The summed E-state index contributed by atoms with van der Waals surface area (Å²) in [5.74, 6) is 1.87. The van der Waals surface area contributed by atoms with Crippen LogP contribution in [0.25, 0.3) is 22.4 Å². The molecule has 0 spiro atoms. The molecule has 9 nitrogen and oxygen atoms in total. The fourth-order valence-corrected chi connectivity index (χ4v) is 4.44. The zero-order valence-corrected chi connectivity index (χ0v) is 19.0. The molecule has 3 aromatic heterocycles. The summed E-state index contributed by atoms with van der Waals surface area (Å²) in [6.07, 6.45) is 3.74. The van der Waals surface area contributed by atoms with Crippen LogP contribution in [-0.2, 0) is 13.0 Å². The molecule has 6 rings (SSSR count). The Morgan fingerprint density at radius 2 is 1.97 bits per heavy atom. The summed E-state index contributed by atoms with van der Waals surface area (Å²) in [5, 5.41) is 0. The van der Waals surface area contributed by atoms with Crippen LogP contribution in [0.3, 0.4) is 0 Å². The molecule has 1 aromatic carbocycles. The van der Waals surface area contributed by atoms with Crippen LogP contribution in [-0.4, -0.2) is 45.9 Å². The van der Waals surface area contributed by atoms with Crippen LogP contribution in [0, 0.1) is 0 Å². The minimum atomic E-state index is -0.337. The predicted octanol–water partition coefficient (Wildman–Crippen LogP) is 3.15. The number of nitrogens with zero attached hydrogens (tertiary/aromatic N) is 4. The second-order valence-electron chi connectivity index (χ2n) is 8.26. The lowest BCUT2D eigenvalue weighted by molar-refractivity contribution is 0.0486. The first-order valence-corrected chi connectivity index (χ1v) is 11.3. The van der Waals surface area contributed by atoms with Crippen molar-refractivity contribution in [3.05, 3.63) is 77.0 Å². The molecule has 0 saturated carbocycles. The Morgan fingerprint density at radius 1 is 1.09 bits per heavy atom. The quantitative estimate of drug-likeness (QED) is 0.439. The molecule has 5 heterocycles. The molecule has 0 amide bonds. The molecule has 0 aliphatic carbocycles. The van der Waals surface area contributed by atoms with Gasteiger partial charge in [0.25, 0.3) is 5.88 Å². The molecule has 0 fully saturated rings. The van der Waals surface area contributed by atoms with Gasteiger partial charge in [0, 0.05) is 36.1 Å². The van der Waals surface area contributed by atoms with E-state index in [9.17, 15) is 4.79 Å². The number of hydrogen-bond donors (Lipinski definition) is 0. The third-order valence-electron chi connectivity index (χ3n) is 6.10. The Balaban J connectivity index is 1.26. The number of aryl methyl sites for hydroxylation is 1. The van der Waals surface area contributed by atoms with Crippen LogP contribution in [0.15, 0.2) is 65.7 Å². The SMILES string of the molecule is COc1ncccc1-c1ccc2c(c1)CCn1c-2cc(OCC2COc3ncccc3O2)nc1=O. The zero-order valence-electron chi connectivity index (χ0n) is 19.0. The fourth-order valence-electron chi connectivity index (χ4n) is 4.44. The molecular weight excluding hydrogens is 448 g/mol. The lowest BCUT2D eigenvalue weighted by Gasteiger charge is -2.26. The maximum absolute atomic E-state index is 12.8. The maximum atomic E-state index is 12.8. The topological polar surface area (TPSA) is 97.6 Å². The molecule has 0 bridgehead atoms. The summed E-state index contributed by atoms with van der Waals surface area (Å²) in [6.45, 7) is 1.04. The Bertz CT molecular complexity index is 1470. The van der Waals surface area contributed by atoms with Gasteiger partial charge in [-0.2, -0.15) is 4.98 Å². The van der Waals surface area contributed by atoms with Gasteiger partial charge < -0.3 is 18.9 Å². The number of methoxy groups -OCH3 is 1. The Labute approximate surface area is 200 Å². The highest BCUT2D eigenvalue weighted by molar-refractivity contribution is 5.75. The van der Waals surface area contributed by atoms with Crippen molar-refractivity contribution in [1.29, 1.82) is 0 Å². The van der Waals surface area contributed by atoms with Gasteiger partial charge >= 0.3 is 5.69 Å². The van der Waals surface area contributed by atoms with Crippen molar-refractivity contribution in [3.63, 3.8) is 0 Å². The van der Waals surface area contributed by atoms with E-state index in [1.165, 1.54) is 0 Å². The molecule has 2 aliphatic rings. The first-order chi connectivity index (χ1) is 17.2. The van der Waals surface area contributed by atoms with Gasteiger partial charge in [0.2, 0.25) is 11.8 Å². The molecule has 35 heavy (non-hydrogen) atoms. The van der Waals surface area contributed by atoms with E-state index in [1.54, 1.807) is 36.2 Å². The highest BCUT2D eigenvalue weighted by Gasteiger charge is 2.24. The van der Waals surface area contributed by atoms with Gasteiger partial charge in [-0.15, -0.1) is 0 Å². The van der Waals surface area contributed by atoms with Crippen LogP contribution in [0.5, 0.6) is 23.4 Å². The number of benzene rings is 1. The molecule has 0 radical (unpaired) electrons. The van der Waals surface area contributed by atoms with Crippen molar-refractivity contribution < 1.29 is 18.9 Å². The van der Waals surface area contributed by atoms with E-state index < -0.39 is 0 Å². The predicted molar refractivity (Wildman–Crippen MR) is 127 cm³/mol. The summed E-state index contributed by atoms with van der Waals surface area (Å²) >= 11 is 0.